The lowest BCUT2D eigenvalue weighted by Gasteiger charge is -2.00. The van der Waals surface area contributed by atoms with Gasteiger partial charge in [-0.1, -0.05) is 12.1 Å². The van der Waals surface area contributed by atoms with E-state index in [0.717, 1.165) is 5.69 Å². The summed E-state index contributed by atoms with van der Waals surface area (Å²) in [6, 6.07) is 11.9. The molecule has 0 radical (unpaired) electrons. The molecule has 3 heterocycles. The van der Waals surface area contributed by atoms with Gasteiger partial charge >= 0.3 is 0 Å². The molecule has 1 N–H and O–H groups in total. The Kier molecular flexibility index (Phi) is 10.4. The lowest BCUT2D eigenvalue weighted by molar-refractivity contribution is 0.0424. The molecule has 25 heavy (non-hydrogen) atoms. The fourth-order valence-corrected chi connectivity index (χ4v) is 1.60. The molecule has 0 aromatic carbocycles. The molecule has 5 heteroatoms. The van der Waals surface area contributed by atoms with Gasteiger partial charge in [-0.2, -0.15) is 0 Å². The second-order valence-electron chi connectivity index (χ2n) is 5.37. The number of nitrogens with zero attached hydrogens (tertiary/aromatic N) is 3. The van der Waals surface area contributed by atoms with Crippen LogP contribution in [0.3, 0.4) is 0 Å². The van der Waals surface area contributed by atoms with Crippen LogP contribution in [-0.2, 0) is 11.4 Å². The van der Waals surface area contributed by atoms with Crippen molar-refractivity contribution in [2.24, 2.45) is 0 Å². The van der Waals surface area contributed by atoms with Gasteiger partial charge in [-0.15, -0.1) is 0 Å². The van der Waals surface area contributed by atoms with Gasteiger partial charge in [-0.3, -0.25) is 19.8 Å². The van der Waals surface area contributed by atoms with Crippen LogP contribution in [-0.4, -0.2) is 22.0 Å². The Morgan fingerprint density at radius 1 is 0.800 bits per heavy atom. The van der Waals surface area contributed by atoms with Crippen LogP contribution < -0.4 is 5.48 Å². The van der Waals surface area contributed by atoms with E-state index in [0.29, 0.717) is 6.61 Å². The maximum absolute atomic E-state index is 4.95. The number of aromatic nitrogens is 3. The maximum atomic E-state index is 4.95. The summed E-state index contributed by atoms with van der Waals surface area (Å²) >= 11 is 0. The average Bonchev–Trinajstić information content (AvgIpc) is 2.64. The zero-order valence-corrected chi connectivity index (χ0v) is 15.3. The third-order valence-corrected chi connectivity index (χ3v) is 2.99. The Morgan fingerprint density at radius 2 is 1.52 bits per heavy atom. The summed E-state index contributed by atoms with van der Waals surface area (Å²) in [7, 11) is 1.73. The van der Waals surface area contributed by atoms with Gasteiger partial charge in [-0.05, 0) is 61.7 Å². The Labute approximate surface area is 150 Å². The van der Waals surface area contributed by atoms with E-state index >= 15 is 0 Å². The number of nitrogens with one attached hydrogen (secondary N) is 1. The number of aryl methyl sites for hydroxylation is 3. The first-order valence-electron chi connectivity index (χ1n) is 8.05. The number of hydrogen-bond donors (Lipinski definition) is 1. The number of hydroxylamine groups is 1. The fourth-order valence-electron chi connectivity index (χ4n) is 1.60. The van der Waals surface area contributed by atoms with Crippen molar-refractivity contribution in [1.29, 1.82) is 0 Å². The lowest BCUT2D eigenvalue weighted by atomic mass is 10.3. The van der Waals surface area contributed by atoms with Crippen molar-refractivity contribution in [3.8, 4) is 0 Å². The average molecular weight is 338 g/mol. The van der Waals surface area contributed by atoms with Crippen LogP contribution in [0.4, 0.5) is 0 Å². The van der Waals surface area contributed by atoms with Crippen molar-refractivity contribution in [1.82, 2.24) is 20.4 Å². The molecule has 5 nitrogen and oxygen atoms in total. The Morgan fingerprint density at radius 3 is 1.92 bits per heavy atom. The van der Waals surface area contributed by atoms with Gasteiger partial charge < -0.3 is 0 Å². The molecule has 0 atom stereocenters. The molecular weight excluding hydrogens is 312 g/mol. The first-order chi connectivity index (χ1) is 12.1. The predicted molar refractivity (Wildman–Crippen MR) is 101 cm³/mol. The van der Waals surface area contributed by atoms with Crippen LogP contribution in [0.5, 0.6) is 0 Å². The molecule has 0 aliphatic rings. The van der Waals surface area contributed by atoms with Crippen molar-refractivity contribution >= 4 is 0 Å². The zero-order chi connectivity index (χ0) is 18.3. The molecule has 0 unspecified atom stereocenters. The third kappa shape index (κ3) is 10.7. The van der Waals surface area contributed by atoms with Crippen LogP contribution in [0.25, 0.3) is 0 Å². The van der Waals surface area contributed by atoms with E-state index in [1.165, 1.54) is 16.7 Å². The highest BCUT2D eigenvalue weighted by atomic mass is 16.6. The molecule has 3 rings (SSSR count). The van der Waals surface area contributed by atoms with Gasteiger partial charge in [0.2, 0.25) is 0 Å². The smallest absolute Gasteiger partial charge is 0.110 e. The normalized spacial score (nSPS) is 9.28. The Hall–Kier alpha value is -2.63. The summed E-state index contributed by atoms with van der Waals surface area (Å²) in [5.41, 5.74) is 7.16. The van der Waals surface area contributed by atoms with Gasteiger partial charge in [0.05, 0.1) is 5.69 Å². The summed E-state index contributed by atoms with van der Waals surface area (Å²) in [6.07, 6.45) is 9.01. The van der Waals surface area contributed by atoms with E-state index < -0.39 is 0 Å². The highest BCUT2D eigenvalue weighted by Crippen LogP contribution is 1.98. The van der Waals surface area contributed by atoms with Crippen LogP contribution in [0, 0.1) is 20.8 Å². The molecule has 3 aromatic heterocycles. The van der Waals surface area contributed by atoms with E-state index in [9.17, 15) is 0 Å². The number of hydrogen-bond acceptors (Lipinski definition) is 5. The van der Waals surface area contributed by atoms with Crippen molar-refractivity contribution in [3.05, 3.63) is 89.8 Å². The SMILES string of the molecule is CNOCc1ccc(C)cn1.Cc1cccnc1.Cc1ccncc1. The summed E-state index contributed by atoms with van der Waals surface area (Å²) < 4.78 is 0. The van der Waals surface area contributed by atoms with Crippen molar-refractivity contribution in [2.45, 2.75) is 27.4 Å². The van der Waals surface area contributed by atoms with Crippen LogP contribution >= 0.6 is 0 Å². The number of rotatable bonds is 3. The molecule has 0 spiro atoms. The topological polar surface area (TPSA) is 59.9 Å². The van der Waals surface area contributed by atoms with E-state index in [1.54, 1.807) is 25.6 Å². The maximum Gasteiger partial charge on any atom is 0.110 e. The summed E-state index contributed by atoms with van der Waals surface area (Å²) in [4.78, 5) is 16.8. The second kappa shape index (κ2) is 12.8. The fraction of sp³-hybridized carbons (Fsp3) is 0.250. The zero-order valence-electron chi connectivity index (χ0n) is 15.3. The first kappa shape index (κ1) is 20.4. The minimum atomic E-state index is 0.511. The van der Waals surface area contributed by atoms with E-state index in [1.807, 2.05) is 69.6 Å². The molecule has 0 fully saturated rings. The standard InChI is InChI=1S/C8H12N2O.2C6H7N/c1-7-3-4-8(10-5-7)6-11-9-2;1-6-2-4-7-5-3-6;1-6-3-2-4-7-5-6/h3-5,9H,6H2,1-2H3;2*2-5H,1H3. The summed E-state index contributed by atoms with van der Waals surface area (Å²) in [5.74, 6) is 0. The monoisotopic (exact) mass is 338 g/mol. The molecule has 0 amide bonds. The van der Waals surface area contributed by atoms with Gasteiger partial charge in [0, 0.05) is 38.0 Å². The highest BCUT2D eigenvalue weighted by molar-refractivity contribution is 5.11. The third-order valence-electron chi connectivity index (χ3n) is 2.99. The summed E-state index contributed by atoms with van der Waals surface area (Å²) in [6.45, 7) is 6.58. The molecular formula is C20H26N4O. The van der Waals surface area contributed by atoms with Crippen LogP contribution in [0.15, 0.2) is 67.4 Å². The molecule has 0 saturated heterocycles. The minimum absolute atomic E-state index is 0.511. The van der Waals surface area contributed by atoms with Gasteiger partial charge in [0.1, 0.15) is 6.61 Å². The molecule has 0 aliphatic heterocycles. The first-order valence-corrected chi connectivity index (χ1v) is 8.05. The van der Waals surface area contributed by atoms with Crippen molar-refractivity contribution in [3.63, 3.8) is 0 Å². The molecule has 0 saturated carbocycles. The number of pyridine rings is 3. The largest absolute Gasteiger partial charge is 0.296 e. The van der Waals surface area contributed by atoms with Crippen LogP contribution in [0.1, 0.15) is 22.4 Å². The van der Waals surface area contributed by atoms with E-state index in [4.69, 9.17) is 4.84 Å². The molecule has 3 aromatic rings. The quantitative estimate of drug-likeness (QED) is 0.736. The van der Waals surface area contributed by atoms with Gasteiger partial charge in [0.25, 0.3) is 0 Å². The Balaban J connectivity index is 0.000000195. The highest BCUT2D eigenvalue weighted by Gasteiger charge is 1.91. The molecule has 132 valence electrons. The van der Waals surface area contributed by atoms with E-state index in [2.05, 4.69) is 20.4 Å². The second-order valence-corrected chi connectivity index (χ2v) is 5.37. The molecule has 0 bridgehead atoms. The van der Waals surface area contributed by atoms with Crippen LogP contribution in [0.2, 0.25) is 0 Å². The van der Waals surface area contributed by atoms with Gasteiger partial charge in [0.15, 0.2) is 0 Å². The van der Waals surface area contributed by atoms with Gasteiger partial charge in [-0.25, -0.2) is 5.48 Å². The molecule has 0 aliphatic carbocycles. The van der Waals surface area contributed by atoms with Crippen molar-refractivity contribution < 1.29 is 4.84 Å². The predicted octanol–water partition coefficient (Wildman–Crippen LogP) is 3.82. The Bertz CT molecular complexity index is 636. The minimum Gasteiger partial charge on any atom is -0.296 e. The van der Waals surface area contributed by atoms with Crippen molar-refractivity contribution in [2.75, 3.05) is 7.05 Å². The lowest BCUT2D eigenvalue weighted by Crippen LogP contribution is -2.07. The summed E-state index contributed by atoms with van der Waals surface area (Å²) in [5, 5.41) is 0. The van der Waals surface area contributed by atoms with E-state index in [-0.39, 0.29) is 0 Å².